The zero-order valence-electron chi connectivity index (χ0n) is 36.7. The largest absolute Gasteiger partial charge is 0.288 e. The fourth-order valence-corrected chi connectivity index (χ4v) is 20.9. The molecule has 0 aliphatic heterocycles. The third kappa shape index (κ3) is 6.86. The Bertz CT molecular complexity index is 4060. The van der Waals surface area contributed by atoms with Crippen LogP contribution in [0.4, 0.5) is 0 Å². The molecule has 0 saturated carbocycles. The Morgan fingerprint density at radius 2 is 0.653 bits per heavy atom. The molecule has 72 heavy (non-hydrogen) atoms. The Labute approximate surface area is 449 Å². The first-order valence-corrected chi connectivity index (χ1v) is 30.8. The Hall–Kier alpha value is -6.14. The van der Waals surface area contributed by atoms with Crippen molar-refractivity contribution in [3.8, 4) is 59.9 Å². The number of thiophene rings is 10. The molecule has 0 N–H and O–H groups in total. The second kappa shape index (κ2) is 16.7. The van der Waals surface area contributed by atoms with Crippen LogP contribution in [-0.4, -0.2) is 23.1 Å². The summed E-state index contributed by atoms with van der Waals surface area (Å²) in [6.07, 6.45) is 3.51. The average molecular weight is 1110 g/mol. The Kier molecular flexibility index (Phi) is 10.1. The summed E-state index contributed by atoms with van der Waals surface area (Å²) in [6.45, 7) is 0. The monoisotopic (exact) mass is 1110 g/mol. The summed E-state index contributed by atoms with van der Waals surface area (Å²) >= 11 is 17.8. The standard InChI is InChI=1S/C58H26O4S10/c59-53-29-7-1-2-8-30(29)54(60)35(53)19-27-13-15-37(65-27)43-23-47-49(67-43)25-45(69-47)41-21-33-51(39-11-5-17-63-39)58-34(52(57(33)71-41)40-12-6-18-64-40)22-42(72-58)46-26-50-48(70-46)24-44(68-50)38-16-14-28(66-38)20-36-55(61)31-9-3-4-10-32(31)56(36)62/h1-26H. The highest BCUT2D eigenvalue weighted by Crippen LogP contribution is 2.56. The third-order valence-electron chi connectivity index (χ3n) is 13.0. The smallest absolute Gasteiger partial charge is 0.197 e. The van der Waals surface area contributed by atoms with Crippen LogP contribution in [0.25, 0.3) is 111 Å². The molecule has 2 aliphatic rings. The predicted octanol–water partition coefficient (Wildman–Crippen LogP) is 19.8. The topological polar surface area (TPSA) is 68.3 Å². The van der Waals surface area contributed by atoms with Crippen molar-refractivity contribution < 1.29 is 19.2 Å². The van der Waals surface area contributed by atoms with Gasteiger partial charge in [-0.15, -0.1) is 113 Å². The molecule has 0 fully saturated rings. The number of benzene rings is 3. The normalized spacial score (nSPS) is 13.6. The highest BCUT2D eigenvalue weighted by atomic mass is 32.1. The number of carbonyl (C=O) groups is 4. The highest BCUT2D eigenvalue weighted by Gasteiger charge is 2.34. The zero-order chi connectivity index (χ0) is 47.9. The summed E-state index contributed by atoms with van der Waals surface area (Å²) < 4.78 is 7.60. The molecule has 0 amide bonds. The predicted molar refractivity (Wildman–Crippen MR) is 314 cm³/mol. The highest BCUT2D eigenvalue weighted by molar-refractivity contribution is 7.35. The molecule has 14 heteroatoms. The molecular formula is C58H26O4S10. The Morgan fingerprint density at radius 1 is 0.306 bits per heavy atom. The van der Waals surface area contributed by atoms with E-state index in [1.165, 1.54) is 89.1 Å². The van der Waals surface area contributed by atoms with Crippen LogP contribution in [0.5, 0.6) is 0 Å². The lowest BCUT2D eigenvalue weighted by atomic mass is 9.99. The quantitative estimate of drug-likeness (QED) is 0.112. The Balaban J connectivity index is 0.764. The van der Waals surface area contributed by atoms with E-state index in [2.05, 4.69) is 83.6 Å². The number of Topliss-reactive ketones (excluding diaryl/α,β-unsaturated/α-hetero) is 4. The number of allylic oxidation sites excluding steroid dienone is 2. The molecule has 0 bridgehead atoms. The average Bonchev–Trinajstić information content (AvgIpc) is 4.22. The minimum atomic E-state index is -0.201. The first-order chi connectivity index (χ1) is 35.3. The van der Waals surface area contributed by atoms with Crippen LogP contribution in [0.1, 0.15) is 51.2 Å². The van der Waals surface area contributed by atoms with E-state index in [1.54, 1.807) is 129 Å². The SMILES string of the molecule is O=C1C(=Cc2ccc(-c3cc4sc(-c5cc6c(-c7cccs7)c7sc(-c8cc9sc(-c%10ccc(C=C%11C(=O)c%12ccccc%12C%11=O)s%10)cc9s8)cc7c(-c7cccs7)c6s5)cc4s3)s2)C(=O)c2ccccc21. The molecule has 3 aromatic carbocycles. The van der Waals surface area contributed by atoms with Gasteiger partial charge in [0.15, 0.2) is 23.1 Å². The summed E-state index contributed by atoms with van der Waals surface area (Å²) in [6, 6.07) is 45.3. The fourth-order valence-electron chi connectivity index (χ4n) is 9.72. The lowest BCUT2D eigenvalue weighted by Gasteiger charge is -2.09. The second-order valence-electron chi connectivity index (χ2n) is 17.2. The van der Waals surface area contributed by atoms with Crippen LogP contribution in [0.3, 0.4) is 0 Å². The van der Waals surface area contributed by atoms with Crippen molar-refractivity contribution in [2.45, 2.75) is 0 Å². The van der Waals surface area contributed by atoms with E-state index in [4.69, 9.17) is 0 Å². The molecule has 0 atom stereocenters. The molecule has 4 nitrogen and oxygen atoms in total. The van der Waals surface area contributed by atoms with Gasteiger partial charge in [-0.05, 0) is 95.7 Å². The van der Waals surface area contributed by atoms with Crippen molar-refractivity contribution >= 4 is 188 Å². The van der Waals surface area contributed by atoms with Crippen LogP contribution >= 0.6 is 113 Å². The minimum absolute atomic E-state index is 0.201. The van der Waals surface area contributed by atoms with E-state index < -0.39 is 0 Å². The van der Waals surface area contributed by atoms with Gasteiger partial charge in [0.05, 0.1) is 11.1 Å². The lowest BCUT2D eigenvalue weighted by Crippen LogP contribution is -1.99. The van der Waals surface area contributed by atoms with Crippen molar-refractivity contribution in [3.05, 3.63) is 187 Å². The van der Waals surface area contributed by atoms with Gasteiger partial charge < -0.3 is 0 Å². The number of ketones is 4. The summed E-state index contributed by atoms with van der Waals surface area (Å²) in [7, 11) is 0. The third-order valence-corrected chi connectivity index (χ3v) is 24.5. The van der Waals surface area contributed by atoms with Gasteiger partial charge in [-0.3, -0.25) is 19.2 Å². The molecule has 15 rings (SSSR count). The Morgan fingerprint density at radius 3 is 1.00 bits per heavy atom. The molecule has 10 heterocycles. The van der Waals surface area contributed by atoms with Gasteiger partial charge in [0, 0.05) is 131 Å². The first-order valence-electron chi connectivity index (χ1n) is 22.5. The number of hydrogen-bond donors (Lipinski definition) is 0. The van der Waals surface area contributed by atoms with Crippen LogP contribution in [0.2, 0.25) is 0 Å². The van der Waals surface area contributed by atoms with Crippen molar-refractivity contribution in [1.29, 1.82) is 0 Å². The van der Waals surface area contributed by atoms with E-state index in [1.807, 2.05) is 57.5 Å². The first kappa shape index (κ1) is 43.4. The molecule has 342 valence electrons. The summed E-state index contributed by atoms with van der Waals surface area (Å²) in [5, 5.41) is 6.93. The summed E-state index contributed by atoms with van der Waals surface area (Å²) in [4.78, 5) is 66.3. The maximum absolute atomic E-state index is 13.1. The van der Waals surface area contributed by atoms with Crippen molar-refractivity contribution in [3.63, 3.8) is 0 Å². The van der Waals surface area contributed by atoms with E-state index in [0.29, 0.717) is 22.3 Å². The fraction of sp³-hybridized carbons (Fsp3) is 0. The number of rotatable bonds is 8. The van der Waals surface area contributed by atoms with Gasteiger partial charge in [-0.1, -0.05) is 60.7 Å². The minimum Gasteiger partial charge on any atom is -0.288 e. The van der Waals surface area contributed by atoms with Crippen LogP contribution in [0.15, 0.2) is 155 Å². The maximum Gasteiger partial charge on any atom is 0.197 e. The van der Waals surface area contributed by atoms with E-state index in [0.717, 1.165) is 19.5 Å². The van der Waals surface area contributed by atoms with Gasteiger partial charge >= 0.3 is 0 Å². The van der Waals surface area contributed by atoms with Gasteiger partial charge in [0.25, 0.3) is 0 Å². The molecule has 0 radical (unpaired) electrons. The number of fused-ring (bicyclic) bond motifs is 6. The lowest BCUT2D eigenvalue weighted by molar-refractivity contribution is 0.0975. The van der Waals surface area contributed by atoms with Crippen LogP contribution in [0, 0.1) is 0 Å². The maximum atomic E-state index is 13.1. The van der Waals surface area contributed by atoms with E-state index in [-0.39, 0.29) is 34.3 Å². The molecule has 10 aromatic heterocycles. The summed E-state index contributed by atoms with van der Waals surface area (Å²) in [5.74, 6) is -0.803. The molecule has 2 aliphatic carbocycles. The van der Waals surface area contributed by atoms with Gasteiger partial charge in [0.1, 0.15) is 0 Å². The van der Waals surface area contributed by atoms with Crippen LogP contribution in [-0.2, 0) is 0 Å². The van der Waals surface area contributed by atoms with E-state index in [9.17, 15) is 19.2 Å². The van der Waals surface area contributed by atoms with Crippen molar-refractivity contribution in [1.82, 2.24) is 0 Å². The zero-order valence-corrected chi connectivity index (χ0v) is 44.9. The second-order valence-corrected chi connectivity index (χ2v) is 27.8. The molecule has 13 aromatic rings. The van der Waals surface area contributed by atoms with Crippen molar-refractivity contribution in [2.75, 3.05) is 0 Å². The van der Waals surface area contributed by atoms with E-state index >= 15 is 0 Å². The number of hydrogen-bond acceptors (Lipinski definition) is 14. The molecular weight excluding hydrogens is 1080 g/mol. The van der Waals surface area contributed by atoms with Gasteiger partial charge in [-0.2, -0.15) is 0 Å². The molecule has 0 unspecified atom stereocenters. The molecule has 0 spiro atoms. The molecule has 0 saturated heterocycles. The van der Waals surface area contributed by atoms with Gasteiger partial charge in [0.2, 0.25) is 0 Å². The summed E-state index contributed by atoms with van der Waals surface area (Å²) in [5.41, 5.74) is 5.01. The van der Waals surface area contributed by atoms with Gasteiger partial charge in [-0.25, -0.2) is 0 Å². The van der Waals surface area contributed by atoms with Crippen LogP contribution < -0.4 is 0 Å². The van der Waals surface area contributed by atoms with Crippen molar-refractivity contribution in [2.24, 2.45) is 0 Å². The number of carbonyl (C=O) groups excluding carboxylic acids is 4.